The lowest BCUT2D eigenvalue weighted by atomic mass is 10.1. The number of nitrogens with zero attached hydrogens (tertiary/aromatic N) is 1. The van der Waals surface area contributed by atoms with Crippen molar-refractivity contribution in [2.45, 2.75) is 58.9 Å². The first-order valence-corrected chi connectivity index (χ1v) is 13.8. The average Bonchev–Trinajstić information content (AvgIpc) is 2.73. The van der Waals surface area contributed by atoms with Crippen molar-refractivity contribution >= 4 is 31.5 Å². The van der Waals surface area contributed by atoms with E-state index < -0.39 is 25.3 Å². The Morgan fingerprint density at radius 1 is 0.727 bits per heavy atom. The molecule has 2 rings (SSSR count). The van der Waals surface area contributed by atoms with Crippen LogP contribution in [0.2, 0.25) is 0 Å². The van der Waals surface area contributed by atoms with E-state index >= 15 is 0 Å². The van der Waals surface area contributed by atoms with Crippen LogP contribution in [0.5, 0.6) is 0 Å². The van der Waals surface area contributed by atoms with Crippen LogP contribution in [0.4, 0.5) is 0 Å². The van der Waals surface area contributed by atoms with Crippen LogP contribution in [0.15, 0.2) is 70.6 Å². The molecule has 0 aromatic heterocycles. The Morgan fingerprint density at radius 2 is 1.18 bits per heavy atom. The van der Waals surface area contributed by atoms with Gasteiger partial charge in [-0.1, -0.05) is 60.7 Å². The highest BCUT2D eigenvalue weighted by Gasteiger charge is 2.29. The van der Waals surface area contributed by atoms with Crippen molar-refractivity contribution in [1.82, 2.24) is 9.44 Å². The predicted molar refractivity (Wildman–Crippen MR) is 136 cm³/mol. The SMILES string of the molecule is C/C(=C(\N=C(c1ccccc1)C(C)S(=O)(=O)NC(C)C)c1ccccc1)S(=O)(=O)NC(C)C. The summed E-state index contributed by atoms with van der Waals surface area (Å²) in [4.78, 5) is 4.73. The van der Waals surface area contributed by atoms with E-state index in [9.17, 15) is 16.8 Å². The van der Waals surface area contributed by atoms with Gasteiger partial charge in [0.1, 0.15) is 5.25 Å². The molecule has 180 valence electrons. The molecule has 2 aromatic carbocycles. The molecule has 0 aliphatic heterocycles. The van der Waals surface area contributed by atoms with Gasteiger partial charge >= 0.3 is 0 Å². The fourth-order valence-electron chi connectivity index (χ4n) is 3.17. The molecule has 9 heteroatoms. The van der Waals surface area contributed by atoms with Crippen molar-refractivity contribution in [2.75, 3.05) is 0 Å². The van der Waals surface area contributed by atoms with Crippen LogP contribution in [0.3, 0.4) is 0 Å². The summed E-state index contributed by atoms with van der Waals surface area (Å²) in [5, 5.41) is -1.03. The Kier molecular flexibility index (Phi) is 9.13. The minimum Gasteiger partial charge on any atom is -0.250 e. The van der Waals surface area contributed by atoms with E-state index in [2.05, 4.69) is 9.44 Å². The Balaban J connectivity index is 2.84. The van der Waals surface area contributed by atoms with E-state index in [1.54, 1.807) is 83.1 Å². The number of hydrogen-bond acceptors (Lipinski definition) is 5. The third-order valence-corrected chi connectivity index (χ3v) is 8.46. The zero-order valence-corrected chi connectivity index (χ0v) is 21.5. The molecule has 1 atom stereocenters. The molecule has 2 aromatic rings. The minimum absolute atomic E-state index is 0.0113. The van der Waals surface area contributed by atoms with Gasteiger partial charge < -0.3 is 0 Å². The summed E-state index contributed by atoms with van der Waals surface area (Å²) in [7, 11) is -7.64. The summed E-state index contributed by atoms with van der Waals surface area (Å²) in [6, 6.07) is 17.2. The topological polar surface area (TPSA) is 105 Å². The number of sulfonamides is 2. The Bertz CT molecular complexity index is 1200. The number of hydrogen-bond donors (Lipinski definition) is 2. The molecule has 0 aliphatic carbocycles. The van der Waals surface area contributed by atoms with Gasteiger partial charge in [-0.05, 0) is 47.1 Å². The fraction of sp³-hybridized carbons (Fsp3) is 0.375. The Morgan fingerprint density at radius 3 is 1.64 bits per heavy atom. The summed E-state index contributed by atoms with van der Waals surface area (Å²) in [5.41, 5.74) is 1.60. The molecular formula is C24H33N3O4S2. The maximum Gasteiger partial charge on any atom is 0.238 e. The van der Waals surface area contributed by atoms with Gasteiger partial charge in [0.25, 0.3) is 0 Å². The second kappa shape index (κ2) is 11.2. The zero-order chi connectivity index (χ0) is 24.8. The number of rotatable bonds is 10. The van der Waals surface area contributed by atoms with Crippen LogP contribution >= 0.6 is 0 Å². The maximum absolute atomic E-state index is 13.0. The molecule has 0 aliphatic rings. The lowest BCUT2D eigenvalue weighted by Crippen LogP contribution is -2.41. The van der Waals surface area contributed by atoms with E-state index in [-0.39, 0.29) is 28.4 Å². The van der Waals surface area contributed by atoms with E-state index in [0.29, 0.717) is 11.1 Å². The standard InChI is InChI=1S/C24H33N3O4S2/c1-17(2)26-32(28,29)19(5)23(21-13-9-7-10-14-21)25-24(22-15-11-8-12-16-22)20(6)33(30,31)27-18(3)4/h7-19,26-27H,1-6H3/b24-20+,25-23?. The van der Waals surface area contributed by atoms with Crippen molar-refractivity contribution in [3.05, 3.63) is 76.7 Å². The summed E-state index contributed by atoms with van der Waals surface area (Å²) < 4.78 is 57.3. The van der Waals surface area contributed by atoms with Gasteiger partial charge in [-0.3, -0.25) is 0 Å². The van der Waals surface area contributed by atoms with Crippen LogP contribution < -0.4 is 9.44 Å². The fourth-order valence-corrected chi connectivity index (χ4v) is 5.72. The van der Waals surface area contributed by atoms with Gasteiger partial charge in [0.2, 0.25) is 20.0 Å². The van der Waals surface area contributed by atoms with Gasteiger partial charge in [0, 0.05) is 17.6 Å². The van der Waals surface area contributed by atoms with Gasteiger partial charge in [-0.15, -0.1) is 0 Å². The summed E-state index contributed by atoms with van der Waals surface area (Å²) in [6.45, 7) is 9.98. The van der Waals surface area contributed by atoms with Gasteiger partial charge in [-0.25, -0.2) is 31.3 Å². The highest BCUT2D eigenvalue weighted by molar-refractivity contribution is 7.93. The molecule has 7 nitrogen and oxygen atoms in total. The van der Waals surface area contributed by atoms with Gasteiger partial charge in [0.05, 0.1) is 16.3 Å². The smallest absolute Gasteiger partial charge is 0.238 e. The molecule has 0 amide bonds. The van der Waals surface area contributed by atoms with Crippen LogP contribution in [0, 0.1) is 0 Å². The second-order valence-corrected chi connectivity index (χ2v) is 12.3. The molecule has 0 radical (unpaired) electrons. The summed E-state index contributed by atoms with van der Waals surface area (Å²) in [6.07, 6.45) is 0. The molecule has 0 saturated heterocycles. The average molecular weight is 492 g/mol. The molecule has 1 unspecified atom stereocenters. The van der Waals surface area contributed by atoms with E-state index in [0.717, 1.165) is 0 Å². The normalized spacial score (nSPS) is 15.0. The third kappa shape index (κ3) is 7.33. The molecular weight excluding hydrogens is 458 g/mol. The highest BCUT2D eigenvalue weighted by Crippen LogP contribution is 2.26. The van der Waals surface area contributed by atoms with Crippen molar-refractivity contribution in [3.63, 3.8) is 0 Å². The Hall–Kier alpha value is -2.33. The summed E-state index contributed by atoms with van der Waals surface area (Å²) in [5.74, 6) is 0. The summed E-state index contributed by atoms with van der Waals surface area (Å²) >= 11 is 0. The zero-order valence-electron chi connectivity index (χ0n) is 19.9. The quantitative estimate of drug-likeness (QED) is 0.492. The number of aliphatic imine (C=N–C) groups is 1. The maximum atomic E-state index is 13.0. The molecule has 0 fully saturated rings. The molecule has 2 N–H and O–H groups in total. The van der Waals surface area contributed by atoms with Gasteiger partial charge in [-0.2, -0.15) is 0 Å². The van der Waals surface area contributed by atoms with E-state index in [1.165, 1.54) is 6.92 Å². The van der Waals surface area contributed by atoms with Gasteiger partial charge in [0.15, 0.2) is 0 Å². The predicted octanol–water partition coefficient (Wildman–Crippen LogP) is 3.91. The van der Waals surface area contributed by atoms with Crippen LogP contribution in [0.1, 0.15) is 52.7 Å². The minimum atomic E-state index is -3.86. The van der Waals surface area contributed by atoms with E-state index in [4.69, 9.17) is 4.99 Å². The lowest BCUT2D eigenvalue weighted by molar-refractivity contribution is 0.566. The molecule has 0 heterocycles. The molecule has 0 bridgehead atoms. The number of allylic oxidation sites excluding steroid dienone is 1. The Labute approximate surface area is 198 Å². The monoisotopic (exact) mass is 491 g/mol. The molecule has 0 spiro atoms. The lowest BCUT2D eigenvalue weighted by Gasteiger charge is -2.20. The van der Waals surface area contributed by atoms with Crippen molar-refractivity contribution < 1.29 is 16.8 Å². The largest absolute Gasteiger partial charge is 0.250 e. The first kappa shape index (κ1) is 26.9. The van der Waals surface area contributed by atoms with Crippen LogP contribution in [-0.4, -0.2) is 39.9 Å². The van der Waals surface area contributed by atoms with Crippen LogP contribution in [-0.2, 0) is 20.0 Å². The first-order valence-electron chi connectivity index (χ1n) is 10.8. The second-order valence-electron chi connectivity index (χ2n) is 8.37. The van der Waals surface area contributed by atoms with Crippen molar-refractivity contribution in [1.29, 1.82) is 0 Å². The number of nitrogens with one attached hydrogen (secondary N) is 2. The third-order valence-electron chi connectivity index (χ3n) is 4.73. The van der Waals surface area contributed by atoms with Crippen molar-refractivity contribution in [2.24, 2.45) is 4.99 Å². The van der Waals surface area contributed by atoms with Crippen LogP contribution in [0.25, 0.3) is 5.70 Å². The molecule has 33 heavy (non-hydrogen) atoms. The number of benzene rings is 2. The highest BCUT2D eigenvalue weighted by atomic mass is 32.2. The molecule has 0 saturated carbocycles. The van der Waals surface area contributed by atoms with E-state index in [1.807, 2.05) is 12.1 Å². The first-order chi connectivity index (χ1) is 15.3. The van der Waals surface area contributed by atoms with Crippen molar-refractivity contribution in [3.8, 4) is 0 Å².